The molecule has 0 saturated carbocycles. The summed E-state index contributed by atoms with van der Waals surface area (Å²) in [6.07, 6.45) is 5.59. The van der Waals surface area contributed by atoms with Crippen molar-refractivity contribution in [2.45, 2.75) is 38.5 Å². The minimum atomic E-state index is 0.114. The molecule has 3 heterocycles. The number of amides is 2. The number of anilines is 2. The van der Waals surface area contributed by atoms with Gasteiger partial charge in [0.1, 0.15) is 0 Å². The van der Waals surface area contributed by atoms with E-state index in [9.17, 15) is 9.59 Å². The zero-order valence-corrected chi connectivity index (χ0v) is 40.6. The Morgan fingerprint density at radius 3 is 1.10 bits per heavy atom. The van der Waals surface area contributed by atoms with Gasteiger partial charge in [0.2, 0.25) is 11.8 Å². The largest absolute Gasteiger partial charge is 0.385 e. The fourth-order valence-corrected chi connectivity index (χ4v) is 9.25. The second-order valence-electron chi connectivity index (χ2n) is 18.6. The summed E-state index contributed by atoms with van der Waals surface area (Å²) in [7, 11) is 0. The summed E-state index contributed by atoms with van der Waals surface area (Å²) < 4.78 is 4.94. The monoisotopic (exact) mass is 927 g/mol. The Morgan fingerprint density at radius 2 is 0.754 bits per heavy atom. The third-order valence-electron chi connectivity index (χ3n) is 13.1. The molecule has 0 bridgehead atoms. The average molecular weight is 927 g/mol. The SMILES string of the molecule is C1CCOC1.O=C(Cc1ccccc1)N1CCN(C(=O)Cc2ccccc2)CC(CNc2ccccc2)C1.c1ccc(CCN2CCN(CCc3ccccc3)CC(CNc3ccccc3)C2)cc1. The number of hydrogen-bond acceptors (Lipinski definition) is 7. The summed E-state index contributed by atoms with van der Waals surface area (Å²) in [6, 6.07) is 62.2. The lowest BCUT2D eigenvalue weighted by molar-refractivity contribution is -0.132. The molecule has 6 aromatic rings. The summed E-state index contributed by atoms with van der Waals surface area (Å²) in [6.45, 7) is 13.0. The standard InChI is InChI=1S/C28H31N3O2.C28H35N3.C4H8O/c32-27(18-23-10-4-1-5-11-23)30-16-17-31(28(33)19-24-12-6-2-7-13-24)22-25(21-30)20-29-26-14-8-3-9-15-26;1-4-10-25(11-5-1)16-18-30-20-21-31(19-17-26-12-6-2-7-13-26)24-27(23-30)22-29-28-14-8-3-9-15-28;1-2-4-5-3-1/h1-15,25,29H,16-22H2;1-15,27,29H,16-24H2;1-4H2. The number of rotatable bonds is 16. The predicted octanol–water partition coefficient (Wildman–Crippen LogP) is 9.49. The molecule has 0 unspecified atom stereocenters. The van der Waals surface area contributed by atoms with Gasteiger partial charge in [-0.25, -0.2) is 0 Å². The molecule has 9 heteroatoms. The first-order valence-electron chi connectivity index (χ1n) is 25.3. The van der Waals surface area contributed by atoms with Crippen molar-refractivity contribution in [3.8, 4) is 0 Å². The minimum absolute atomic E-state index is 0.114. The van der Waals surface area contributed by atoms with E-state index >= 15 is 0 Å². The molecule has 0 aliphatic carbocycles. The molecule has 362 valence electrons. The number of nitrogens with zero attached hydrogens (tertiary/aromatic N) is 4. The second-order valence-corrected chi connectivity index (χ2v) is 18.6. The molecule has 3 aliphatic rings. The summed E-state index contributed by atoms with van der Waals surface area (Å²) in [5, 5.41) is 7.16. The molecular weight excluding hydrogens is 853 g/mol. The molecular formula is C60H74N6O3. The van der Waals surface area contributed by atoms with Crippen molar-refractivity contribution in [1.29, 1.82) is 0 Å². The summed E-state index contributed by atoms with van der Waals surface area (Å²) >= 11 is 0. The summed E-state index contributed by atoms with van der Waals surface area (Å²) in [4.78, 5) is 35.4. The van der Waals surface area contributed by atoms with E-state index in [4.69, 9.17) is 4.74 Å². The van der Waals surface area contributed by atoms with Gasteiger partial charge in [0.25, 0.3) is 0 Å². The molecule has 3 aliphatic heterocycles. The van der Waals surface area contributed by atoms with E-state index in [-0.39, 0.29) is 17.7 Å². The van der Waals surface area contributed by atoms with Gasteiger partial charge in [-0.2, -0.15) is 0 Å². The van der Waals surface area contributed by atoms with Crippen LogP contribution in [-0.4, -0.2) is 123 Å². The zero-order valence-electron chi connectivity index (χ0n) is 40.6. The van der Waals surface area contributed by atoms with Gasteiger partial charge in [0.05, 0.1) is 12.8 Å². The van der Waals surface area contributed by atoms with Crippen LogP contribution >= 0.6 is 0 Å². The van der Waals surface area contributed by atoms with Gasteiger partial charge in [0.15, 0.2) is 0 Å². The number of benzene rings is 6. The first-order chi connectivity index (χ1) is 34.0. The number of nitrogens with one attached hydrogen (secondary N) is 2. The van der Waals surface area contributed by atoms with Crippen molar-refractivity contribution >= 4 is 23.2 Å². The first kappa shape index (κ1) is 50.6. The quantitative estimate of drug-likeness (QED) is 0.100. The molecule has 2 N–H and O–H groups in total. The van der Waals surface area contributed by atoms with Gasteiger partial charge in [-0.15, -0.1) is 0 Å². The molecule has 0 atom stereocenters. The number of hydrogen-bond donors (Lipinski definition) is 2. The maximum Gasteiger partial charge on any atom is 0.227 e. The van der Waals surface area contributed by atoms with E-state index in [1.807, 2.05) is 101 Å². The van der Waals surface area contributed by atoms with Crippen molar-refractivity contribution in [2.75, 3.05) is 102 Å². The van der Waals surface area contributed by atoms with Gasteiger partial charge in [-0.05, 0) is 72.2 Å². The van der Waals surface area contributed by atoms with Crippen LogP contribution in [0, 0.1) is 11.8 Å². The zero-order chi connectivity index (χ0) is 47.6. The summed E-state index contributed by atoms with van der Waals surface area (Å²) in [5.41, 5.74) is 7.17. The van der Waals surface area contributed by atoms with Crippen LogP contribution in [0.15, 0.2) is 182 Å². The van der Waals surface area contributed by atoms with E-state index < -0.39 is 0 Å². The van der Waals surface area contributed by atoms with Crippen molar-refractivity contribution in [3.63, 3.8) is 0 Å². The highest BCUT2D eigenvalue weighted by Crippen LogP contribution is 2.18. The highest BCUT2D eigenvalue weighted by Gasteiger charge is 2.28. The molecule has 0 radical (unpaired) electrons. The Labute approximate surface area is 412 Å². The minimum Gasteiger partial charge on any atom is -0.385 e. The van der Waals surface area contributed by atoms with Gasteiger partial charge in [-0.1, -0.05) is 158 Å². The lowest BCUT2D eigenvalue weighted by Gasteiger charge is -2.25. The van der Waals surface area contributed by atoms with Crippen molar-refractivity contribution in [2.24, 2.45) is 11.8 Å². The molecule has 6 aromatic carbocycles. The molecule has 3 fully saturated rings. The normalized spacial score (nSPS) is 15.9. The molecule has 3 saturated heterocycles. The maximum atomic E-state index is 13.1. The van der Waals surface area contributed by atoms with Crippen molar-refractivity contribution in [1.82, 2.24) is 19.6 Å². The Hall–Kier alpha value is -6.26. The van der Waals surface area contributed by atoms with Crippen LogP contribution in [0.3, 0.4) is 0 Å². The molecule has 69 heavy (non-hydrogen) atoms. The van der Waals surface area contributed by atoms with E-state index in [0.717, 1.165) is 88.7 Å². The van der Waals surface area contributed by atoms with Crippen LogP contribution < -0.4 is 10.6 Å². The Kier molecular flexibility index (Phi) is 21.2. The molecule has 9 nitrogen and oxygen atoms in total. The lowest BCUT2D eigenvalue weighted by atomic mass is 10.1. The van der Waals surface area contributed by atoms with Crippen LogP contribution in [0.5, 0.6) is 0 Å². The van der Waals surface area contributed by atoms with E-state index in [2.05, 4.69) is 111 Å². The second kappa shape index (κ2) is 28.9. The number of carbonyl (C=O) groups excluding carboxylic acids is 2. The highest BCUT2D eigenvalue weighted by atomic mass is 16.5. The van der Waals surface area contributed by atoms with Crippen molar-refractivity contribution < 1.29 is 14.3 Å². The fourth-order valence-electron chi connectivity index (χ4n) is 9.25. The van der Waals surface area contributed by atoms with E-state index in [1.165, 1.54) is 29.7 Å². The Balaban J connectivity index is 0.000000185. The fraction of sp³-hybridized carbons (Fsp3) is 0.367. The molecule has 2 amide bonds. The van der Waals surface area contributed by atoms with Gasteiger partial charge in [-0.3, -0.25) is 9.59 Å². The molecule has 0 spiro atoms. The molecule has 0 aromatic heterocycles. The Morgan fingerprint density at radius 1 is 0.420 bits per heavy atom. The smallest absolute Gasteiger partial charge is 0.227 e. The van der Waals surface area contributed by atoms with Gasteiger partial charge in [0, 0.05) is 115 Å². The van der Waals surface area contributed by atoms with E-state index in [0.29, 0.717) is 51.5 Å². The highest BCUT2D eigenvalue weighted by molar-refractivity contribution is 5.80. The number of carbonyl (C=O) groups is 2. The molecule has 9 rings (SSSR count). The van der Waals surface area contributed by atoms with Crippen molar-refractivity contribution in [3.05, 3.63) is 204 Å². The number of ether oxygens (including phenoxy) is 1. The average Bonchev–Trinajstić information content (AvgIpc) is 3.84. The topological polar surface area (TPSA) is 80.4 Å². The van der Waals surface area contributed by atoms with Crippen LogP contribution in [0.2, 0.25) is 0 Å². The van der Waals surface area contributed by atoms with Crippen LogP contribution in [0.1, 0.15) is 35.1 Å². The third-order valence-corrected chi connectivity index (χ3v) is 13.1. The summed E-state index contributed by atoms with van der Waals surface area (Å²) in [5.74, 6) is 0.993. The van der Waals surface area contributed by atoms with Crippen LogP contribution in [0.25, 0.3) is 0 Å². The third kappa shape index (κ3) is 18.6. The van der Waals surface area contributed by atoms with Crippen LogP contribution in [-0.2, 0) is 40.0 Å². The van der Waals surface area contributed by atoms with E-state index in [1.54, 1.807) is 0 Å². The predicted molar refractivity (Wildman–Crippen MR) is 284 cm³/mol. The lowest BCUT2D eigenvalue weighted by Crippen LogP contribution is -2.38. The first-order valence-corrected chi connectivity index (χ1v) is 25.3. The number of para-hydroxylation sites is 2. The van der Waals surface area contributed by atoms with Gasteiger partial charge < -0.3 is 35.0 Å². The van der Waals surface area contributed by atoms with Crippen LogP contribution in [0.4, 0.5) is 11.4 Å². The maximum absolute atomic E-state index is 13.1. The van der Waals surface area contributed by atoms with Gasteiger partial charge >= 0.3 is 0 Å². The Bertz CT molecular complexity index is 2180.